The highest BCUT2D eigenvalue weighted by atomic mass is 16.2. The highest BCUT2D eigenvalue weighted by Gasteiger charge is 2.35. The van der Waals surface area contributed by atoms with Gasteiger partial charge in [-0.2, -0.15) is 0 Å². The lowest BCUT2D eigenvalue weighted by Gasteiger charge is -2.24. The zero-order valence-corrected chi connectivity index (χ0v) is 20.6. The number of nitrogens with zero attached hydrogens (tertiary/aromatic N) is 4. The lowest BCUT2D eigenvalue weighted by Crippen LogP contribution is -2.15. The summed E-state index contributed by atoms with van der Waals surface area (Å²) >= 11 is 0. The number of benzene rings is 3. The van der Waals surface area contributed by atoms with Crippen molar-refractivity contribution in [3.8, 4) is 11.4 Å². The topological polar surface area (TPSA) is 69.8 Å². The van der Waals surface area contributed by atoms with Crippen LogP contribution in [0.25, 0.3) is 39.5 Å². The molecule has 0 amide bonds. The third kappa shape index (κ3) is 3.39. The van der Waals surface area contributed by atoms with E-state index in [-0.39, 0.29) is 23.2 Å². The molecule has 0 spiro atoms. The summed E-state index contributed by atoms with van der Waals surface area (Å²) in [7, 11) is 1.97. The van der Waals surface area contributed by atoms with Gasteiger partial charge in [0.15, 0.2) is 22.9 Å². The highest BCUT2D eigenvalue weighted by molar-refractivity contribution is 6.42. The van der Waals surface area contributed by atoms with E-state index >= 15 is 0 Å². The van der Waals surface area contributed by atoms with Crippen molar-refractivity contribution in [3.05, 3.63) is 89.3 Å². The normalized spacial score (nSPS) is 16.2. The van der Waals surface area contributed by atoms with Gasteiger partial charge < -0.3 is 9.13 Å². The molecular formula is C31H26N4O2. The van der Waals surface area contributed by atoms with Crippen LogP contribution in [0.5, 0.6) is 0 Å². The third-order valence-electron chi connectivity index (χ3n) is 7.85. The predicted molar refractivity (Wildman–Crippen MR) is 145 cm³/mol. The number of carbonyl (C=O) groups excluding carboxylic acids is 2. The summed E-state index contributed by atoms with van der Waals surface area (Å²) < 4.78 is 4.18. The van der Waals surface area contributed by atoms with Crippen molar-refractivity contribution >= 4 is 39.7 Å². The Morgan fingerprint density at radius 3 is 2.05 bits per heavy atom. The number of imidazole rings is 2. The quantitative estimate of drug-likeness (QED) is 0.214. The third-order valence-corrected chi connectivity index (χ3v) is 7.85. The Labute approximate surface area is 214 Å². The van der Waals surface area contributed by atoms with Gasteiger partial charge >= 0.3 is 0 Å². The molecule has 6 heteroatoms. The van der Waals surface area contributed by atoms with Crippen molar-refractivity contribution in [2.45, 2.75) is 38.1 Å². The van der Waals surface area contributed by atoms with E-state index in [1.165, 1.54) is 6.42 Å². The summed E-state index contributed by atoms with van der Waals surface area (Å²) in [6.07, 6.45) is 7.29. The van der Waals surface area contributed by atoms with E-state index in [1.807, 2.05) is 78.3 Å². The van der Waals surface area contributed by atoms with Crippen molar-refractivity contribution in [2.75, 3.05) is 0 Å². The van der Waals surface area contributed by atoms with Gasteiger partial charge in [0, 0.05) is 29.8 Å². The molecule has 0 aliphatic heterocycles. The summed E-state index contributed by atoms with van der Waals surface area (Å²) in [6.45, 7) is 0. The average molecular weight is 487 g/mol. The maximum absolute atomic E-state index is 13.5. The minimum Gasteiger partial charge on any atom is -0.310 e. The number of rotatable bonds is 3. The Kier molecular flexibility index (Phi) is 4.96. The van der Waals surface area contributed by atoms with E-state index in [9.17, 15) is 9.59 Å². The molecule has 1 fully saturated rings. The molecule has 37 heavy (non-hydrogen) atoms. The minimum atomic E-state index is -0.231. The van der Waals surface area contributed by atoms with E-state index in [1.54, 1.807) is 6.08 Å². The number of hydrogen-bond donors (Lipinski definition) is 0. The van der Waals surface area contributed by atoms with Gasteiger partial charge in [0.2, 0.25) is 0 Å². The summed E-state index contributed by atoms with van der Waals surface area (Å²) in [5.74, 6) is 1.03. The molecule has 7 rings (SSSR count). The SMILES string of the molecule is Cn1c(-c2ccccc2)nc2c1nc(C=C1C(=O)c3cc4ccccc4cc3C1=O)n2C1CCCCC1. The smallest absolute Gasteiger partial charge is 0.197 e. The number of aryl methyl sites for hydroxylation is 1. The standard InChI is InChI=1S/C31H26N4O2/c1-34-29(19-10-4-2-5-11-19)33-31-30(34)32-26(35(31)22-14-6-3-7-15-22)18-25-27(36)23-16-20-12-8-9-13-21(20)17-24(23)28(25)37/h2,4-5,8-13,16-18,22H,3,6-7,14-15H2,1H3. The van der Waals surface area contributed by atoms with E-state index in [0.29, 0.717) is 17.0 Å². The van der Waals surface area contributed by atoms with Crippen LogP contribution in [-0.4, -0.2) is 30.7 Å². The first-order valence-electron chi connectivity index (χ1n) is 12.9. The summed E-state index contributed by atoms with van der Waals surface area (Å²) in [5.41, 5.74) is 3.72. The van der Waals surface area contributed by atoms with Crippen LogP contribution < -0.4 is 0 Å². The maximum Gasteiger partial charge on any atom is 0.197 e. The molecule has 2 aromatic heterocycles. The molecule has 0 bridgehead atoms. The van der Waals surface area contributed by atoms with E-state index in [2.05, 4.69) is 4.57 Å². The minimum absolute atomic E-state index is 0.181. The van der Waals surface area contributed by atoms with Crippen molar-refractivity contribution < 1.29 is 9.59 Å². The summed E-state index contributed by atoms with van der Waals surface area (Å²) in [5, 5.41) is 1.91. The molecule has 182 valence electrons. The number of allylic oxidation sites excluding steroid dienone is 1. The zero-order valence-electron chi connectivity index (χ0n) is 20.6. The number of aromatic nitrogens is 4. The lowest BCUT2D eigenvalue weighted by atomic mass is 9.95. The predicted octanol–water partition coefficient (Wildman–Crippen LogP) is 6.56. The van der Waals surface area contributed by atoms with Crippen LogP contribution in [0, 0.1) is 0 Å². The number of fused-ring (bicyclic) bond motifs is 3. The second-order valence-electron chi connectivity index (χ2n) is 10.1. The molecule has 0 N–H and O–H groups in total. The summed E-state index contributed by atoms with van der Waals surface area (Å²) in [6, 6.07) is 21.8. The molecule has 0 unspecified atom stereocenters. The van der Waals surface area contributed by atoms with Gasteiger partial charge in [0.1, 0.15) is 11.6 Å². The van der Waals surface area contributed by atoms with Crippen LogP contribution >= 0.6 is 0 Å². The number of Topliss-reactive ketones (excluding diaryl/α,β-unsaturated/α-hetero) is 2. The molecule has 6 nitrogen and oxygen atoms in total. The van der Waals surface area contributed by atoms with Crippen molar-refractivity contribution in [3.63, 3.8) is 0 Å². The molecule has 5 aromatic rings. The van der Waals surface area contributed by atoms with Crippen molar-refractivity contribution in [1.82, 2.24) is 19.1 Å². The van der Waals surface area contributed by atoms with Gasteiger partial charge in [-0.15, -0.1) is 0 Å². The molecule has 2 aliphatic carbocycles. The van der Waals surface area contributed by atoms with Crippen molar-refractivity contribution in [1.29, 1.82) is 0 Å². The van der Waals surface area contributed by atoms with E-state index in [4.69, 9.17) is 9.97 Å². The fourth-order valence-corrected chi connectivity index (χ4v) is 5.95. The molecule has 0 radical (unpaired) electrons. The first-order valence-corrected chi connectivity index (χ1v) is 12.9. The highest BCUT2D eigenvalue weighted by Crippen LogP contribution is 2.36. The molecule has 1 saturated carbocycles. The Bertz CT molecular complexity index is 1690. The van der Waals surface area contributed by atoms with Gasteiger partial charge in [-0.1, -0.05) is 73.9 Å². The van der Waals surface area contributed by atoms with Gasteiger partial charge in [0.05, 0.1) is 5.57 Å². The van der Waals surface area contributed by atoms with Gasteiger partial charge in [-0.05, 0) is 41.8 Å². The van der Waals surface area contributed by atoms with Crippen LogP contribution in [0.1, 0.15) is 64.7 Å². The molecule has 2 heterocycles. The van der Waals surface area contributed by atoms with Crippen LogP contribution in [0.15, 0.2) is 72.3 Å². The first kappa shape index (κ1) is 21.9. The molecule has 0 saturated heterocycles. The molecule has 0 atom stereocenters. The van der Waals surface area contributed by atoms with E-state index in [0.717, 1.165) is 59.1 Å². The van der Waals surface area contributed by atoms with E-state index < -0.39 is 0 Å². The number of hydrogen-bond acceptors (Lipinski definition) is 4. The Morgan fingerprint density at radius 1 is 0.784 bits per heavy atom. The average Bonchev–Trinajstić information content (AvgIpc) is 3.53. The second kappa shape index (κ2) is 8.37. The van der Waals surface area contributed by atoms with Gasteiger partial charge in [-0.25, -0.2) is 9.97 Å². The van der Waals surface area contributed by atoms with Crippen molar-refractivity contribution in [2.24, 2.45) is 7.05 Å². The van der Waals surface area contributed by atoms with Crippen LogP contribution in [0.4, 0.5) is 0 Å². The number of carbonyl (C=O) groups is 2. The number of ketones is 2. The molecule has 3 aromatic carbocycles. The molecular weight excluding hydrogens is 460 g/mol. The summed E-state index contributed by atoms with van der Waals surface area (Å²) in [4.78, 5) is 36.9. The van der Waals surface area contributed by atoms with Gasteiger partial charge in [0.25, 0.3) is 0 Å². The zero-order chi connectivity index (χ0) is 25.1. The Morgan fingerprint density at radius 2 is 1.41 bits per heavy atom. The maximum atomic E-state index is 13.5. The second-order valence-corrected chi connectivity index (χ2v) is 10.1. The van der Waals surface area contributed by atoms with Crippen LogP contribution in [0.2, 0.25) is 0 Å². The van der Waals surface area contributed by atoms with Crippen LogP contribution in [0.3, 0.4) is 0 Å². The first-order chi connectivity index (χ1) is 18.1. The Hall–Kier alpha value is -4.32. The Balaban J connectivity index is 1.39. The van der Waals surface area contributed by atoms with Crippen LogP contribution in [-0.2, 0) is 7.05 Å². The lowest BCUT2D eigenvalue weighted by molar-refractivity contribution is 0.0990. The fraction of sp³-hybridized carbons (Fsp3) is 0.226. The molecule has 2 aliphatic rings. The largest absolute Gasteiger partial charge is 0.310 e. The fourth-order valence-electron chi connectivity index (χ4n) is 5.95. The van der Waals surface area contributed by atoms with Gasteiger partial charge in [-0.3, -0.25) is 9.59 Å². The monoisotopic (exact) mass is 486 g/mol.